The van der Waals surface area contributed by atoms with Gasteiger partial charge in [0.25, 0.3) is 0 Å². The zero-order valence-corrected chi connectivity index (χ0v) is 18.8. The van der Waals surface area contributed by atoms with E-state index in [0.29, 0.717) is 30.2 Å². The molecule has 0 radical (unpaired) electrons. The van der Waals surface area contributed by atoms with E-state index in [1.807, 2.05) is 13.0 Å². The highest BCUT2D eigenvalue weighted by molar-refractivity contribution is 7.89. The van der Waals surface area contributed by atoms with Crippen molar-refractivity contribution < 1.29 is 32.5 Å². The van der Waals surface area contributed by atoms with Crippen molar-refractivity contribution in [1.29, 1.82) is 0 Å². The topological polar surface area (TPSA) is 123 Å². The van der Waals surface area contributed by atoms with Crippen molar-refractivity contribution in [3.05, 3.63) is 47.5 Å². The van der Waals surface area contributed by atoms with E-state index in [9.17, 15) is 18.3 Å². The number of hydrogen-bond donors (Lipinski definition) is 3. The molecule has 2 aromatic carbocycles. The molecule has 3 N–H and O–H groups in total. The molecule has 0 saturated carbocycles. The van der Waals surface area contributed by atoms with E-state index in [1.165, 1.54) is 26.4 Å². The number of aromatic carboxylic acids is 1. The second-order valence-corrected chi connectivity index (χ2v) is 8.59. The molecule has 0 fully saturated rings. The number of hydrogen-bond acceptors (Lipinski definition) is 7. The van der Waals surface area contributed by atoms with E-state index >= 15 is 0 Å². The molecule has 31 heavy (non-hydrogen) atoms. The zero-order valence-electron chi connectivity index (χ0n) is 18.0. The average molecular weight is 453 g/mol. The lowest BCUT2D eigenvalue weighted by Crippen LogP contribution is -2.28. The fourth-order valence-corrected chi connectivity index (χ4v) is 4.22. The lowest BCUT2D eigenvalue weighted by molar-refractivity contribution is 0.0696. The second-order valence-electron chi connectivity index (χ2n) is 6.85. The highest BCUT2D eigenvalue weighted by atomic mass is 32.2. The lowest BCUT2D eigenvalue weighted by atomic mass is 10.1. The molecule has 0 saturated heterocycles. The average Bonchev–Trinajstić information content (AvgIpc) is 2.73. The summed E-state index contributed by atoms with van der Waals surface area (Å²) in [6, 6.07) is 9.10. The molecule has 10 heteroatoms. The summed E-state index contributed by atoms with van der Waals surface area (Å²) in [7, 11) is 0.626. The standard InChI is InChI=1S/C21H28N2O7S/c1-14(13-28-2)23-17-7-6-16(21(24)25)12-20(17)31(26,27)22-10-9-15-5-8-18(29-3)19(11-15)30-4/h5-8,11-12,14,22-23H,9-10,13H2,1-4H3,(H,24,25)/t14-/m1/s1. The van der Waals surface area contributed by atoms with E-state index < -0.39 is 16.0 Å². The zero-order chi connectivity index (χ0) is 23.0. The third-order valence-corrected chi connectivity index (χ3v) is 5.99. The molecule has 0 spiro atoms. The Morgan fingerprint density at radius 1 is 1.06 bits per heavy atom. The second kappa shape index (κ2) is 11.0. The van der Waals surface area contributed by atoms with Crippen LogP contribution >= 0.6 is 0 Å². The Morgan fingerprint density at radius 2 is 1.77 bits per heavy atom. The van der Waals surface area contributed by atoms with Crippen LogP contribution in [0.25, 0.3) is 0 Å². The number of sulfonamides is 1. The maximum absolute atomic E-state index is 13.0. The molecule has 0 bridgehead atoms. The summed E-state index contributed by atoms with van der Waals surface area (Å²) in [5.74, 6) is -0.0767. The first kappa shape index (κ1) is 24.4. The summed E-state index contributed by atoms with van der Waals surface area (Å²) in [5.41, 5.74) is 1.03. The maximum Gasteiger partial charge on any atom is 0.335 e. The molecular weight excluding hydrogens is 424 g/mol. The van der Waals surface area contributed by atoms with Gasteiger partial charge in [-0.05, 0) is 49.2 Å². The quantitative estimate of drug-likeness (QED) is 0.449. The molecule has 1 atom stereocenters. The number of carboxylic acids is 1. The van der Waals surface area contributed by atoms with Crippen LogP contribution in [-0.2, 0) is 21.2 Å². The molecule has 0 aliphatic rings. The van der Waals surface area contributed by atoms with Gasteiger partial charge in [0.2, 0.25) is 10.0 Å². The molecule has 0 heterocycles. The maximum atomic E-state index is 13.0. The van der Waals surface area contributed by atoms with Gasteiger partial charge in [-0.1, -0.05) is 6.07 Å². The lowest BCUT2D eigenvalue weighted by Gasteiger charge is -2.18. The van der Waals surface area contributed by atoms with Gasteiger partial charge in [-0.2, -0.15) is 0 Å². The number of carbonyl (C=O) groups is 1. The summed E-state index contributed by atoms with van der Waals surface area (Å²) < 4.78 is 44.0. The first-order valence-corrected chi connectivity index (χ1v) is 11.0. The smallest absolute Gasteiger partial charge is 0.335 e. The summed E-state index contributed by atoms with van der Waals surface area (Å²) in [6.07, 6.45) is 0.404. The van der Waals surface area contributed by atoms with Crippen molar-refractivity contribution in [2.45, 2.75) is 24.3 Å². The molecule has 170 valence electrons. The first-order valence-electron chi connectivity index (χ1n) is 9.55. The predicted octanol–water partition coefficient (Wildman–Crippen LogP) is 2.37. The Balaban J connectivity index is 2.21. The predicted molar refractivity (Wildman–Crippen MR) is 117 cm³/mol. The minimum Gasteiger partial charge on any atom is -0.493 e. The fraction of sp³-hybridized carbons (Fsp3) is 0.381. The van der Waals surface area contributed by atoms with Crippen molar-refractivity contribution in [2.75, 3.05) is 39.8 Å². The normalized spacial score (nSPS) is 12.3. The van der Waals surface area contributed by atoms with Crippen LogP contribution in [-0.4, -0.2) is 60.0 Å². The van der Waals surface area contributed by atoms with Crippen molar-refractivity contribution >= 4 is 21.7 Å². The number of carboxylic acid groups (broad SMARTS) is 1. The summed E-state index contributed by atoms with van der Waals surface area (Å²) >= 11 is 0. The van der Waals surface area contributed by atoms with Gasteiger partial charge in [0.15, 0.2) is 11.5 Å². The van der Waals surface area contributed by atoms with Crippen LogP contribution in [0.1, 0.15) is 22.8 Å². The van der Waals surface area contributed by atoms with E-state index in [4.69, 9.17) is 14.2 Å². The van der Waals surface area contributed by atoms with Crippen LogP contribution in [0.3, 0.4) is 0 Å². The van der Waals surface area contributed by atoms with Crippen LogP contribution in [0, 0.1) is 0 Å². The first-order chi connectivity index (χ1) is 14.7. The van der Waals surface area contributed by atoms with Gasteiger partial charge < -0.3 is 24.6 Å². The van der Waals surface area contributed by atoms with E-state index in [0.717, 1.165) is 11.6 Å². The van der Waals surface area contributed by atoms with Gasteiger partial charge in [0, 0.05) is 19.7 Å². The number of ether oxygens (including phenoxy) is 3. The number of methoxy groups -OCH3 is 3. The number of rotatable bonds is 12. The van der Waals surface area contributed by atoms with Crippen molar-refractivity contribution in [2.24, 2.45) is 0 Å². The monoisotopic (exact) mass is 452 g/mol. The van der Waals surface area contributed by atoms with Gasteiger partial charge in [0.1, 0.15) is 4.90 Å². The Morgan fingerprint density at radius 3 is 2.39 bits per heavy atom. The Bertz CT molecular complexity index is 1010. The van der Waals surface area contributed by atoms with Gasteiger partial charge in [0.05, 0.1) is 32.1 Å². The number of anilines is 1. The van der Waals surface area contributed by atoms with E-state index in [1.54, 1.807) is 19.2 Å². The third-order valence-electron chi connectivity index (χ3n) is 4.49. The number of nitrogens with one attached hydrogen (secondary N) is 2. The summed E-state index contributed by atoms with van der Waals surface area (Å²) in [6.45, 7) is 2.30. The van der Waals surface area contributed by atoms with E-state index in [-0.39, 0.29) is 23.0 Å². The van der Waals surface area contributed by atoms with Crippen LogP contribution in [0.4, 0.5) is 5.69 Å². The minimum atomic E-state index is -3.98. The molecule has 2 rings (SSSR count). The third kappa shape index (κ3) is 6.58. The van der Waals surface area contributed by atoms with Crippen molar-refractivity contribution in [3.8, 4) is 11.5 Å². The van der Waals surface area contributed by atoms with E-state index in [2.05, 4.69) is 10.0 Å². The molecule has 0 aliphatic carbocycles. The molecule has 0 aromatic heterocycles. The highest BCUT2D eigenvalue weighted by Gasteiger charge is 2.21. The summed E-state index contributed by atoms with van der Waals surface area (Å²) in [4.78, 5) is 11.2. The molecule has 9 nitrogen and oxygen atoms in total. The fourth-order valence-electron chi connectivity index (χ4n) is 3.00. The Kier molecular flexibility index (Phi) is 8.66. The van der Waals surface area contributed by atoms with Crippen LogP contribution in [0.5, 0.6) is 11.5 Å². The number of benzene rings is 2. The van der Waals surface area contributed by atoms with Gasteiger partial charge in [-0.15, -0.1) is 0 Å². The minimum absolute atomic E-state index is 0.113. The Labute approximate surface area is 182 Å². The molecule has 0 aliphatic heterocycles. The highest BCUT2D eigenvalue weighted by Crippen LogP contribution is 2.28. The molecule has 0 amide bonds. The largest absolute Gasteiger partial charge is 0.493 e. The molecular formula is C21H28N2O7S. The van der Waals surface area contributed by atoms with Crippen LogP contribution < -0.4 is 19.5 Å². The van der Waals surface area contributed by atoms with Crippen molar-refractivity contribution in [1.82, 2.24) is 4.72 Å². The SMILES string of the molecule is COC[C@@H](C)Nc1ccc(C(=O)O)cc1S(=O)(=O)NCCc1ccc(OC)c(OC)c1. The summed E-state index contributed by atoms with van der Waals surface area (Å²) in [5, 5.41) is 12.3. The molecule has 0 unspecified atom stereocenters. The van der Waals surface area contributed by atoms with Gasteiger partial charge in [-0.25, -0.2) is 17.9 Å². The Hall–Kier alpha value is -2.82. The van der Waals surface area contributed by atoms with Gasteiger partial charge >= 0.3 is 5.97 Å². The van der Waals surface area contributed by atoms with Gasteiger partial charge in [-0.3, -0.25) is 0 Å². The van der Waals surface area contributed by atoms with Crippen LogP contribution in [0.2, 0.25) is 0 Å². The van der Waals surface area contributed by atoms with Crippen LogP contribution in [0.15, 0.2) is 41.3 Å². The molecule has 2 aromatic rings. The van der Waals surface area contributed by atoms with Crippen molar-refractivity contribution in [3.63, 3.8) is 0 Å².